The summed E-state index contributed by atoms with van der Waals surface area (Å²) in [5, 5.41) is 11.0. The summed E-state index contributed by atoms with van der Waals surface area (Å²) in [5.41, 5.74) is 2.12. The molecule has 1 atom stereocenters. The Labute approximate surface area is 112 Å². The first kappa shape index (κ1) is 13.3. The minimum atomic E-state index is 0.0373. The van der Waals surface area contributed by atoms with E-state index in [1.54, 1.807) is 26.6 Å². The van der Waals surface area contributed by atoms with Crippen LogP contribution in [0.15, 0.2) is 36.7 Å². The third-order valence-corrected chi connectivity index (χ3v) is 2.97. The normalized spacial score (nSPS) is 11.9. The Bertz CT molecular complexity index is 531. The van der Waals surface area contributed by atoms with Gasteiger partial charge in [-0.3, -0.25) is 0 Å². The summed E-state index contributed by atoms with van der Waals surface area (Å²) in [6.07, 6.45) is 3.43. The van der Waals surface area contributed by atoms with E-state index >= 15 is 0 Å². The molecule has 1 heterocycles. The maximum atomic E-state index is 5.33. The summed E-state index contributed by atoms with van der Waals surface area (Å²) in [7, 11) is 5.16. The van der Waals surface area contributed by atoms with Gasteiger partial charge in [0, 0.05) is 6.20 Å². The minimum Gasteiger partial charge on any atom is -0.493 e. The Kier molecular flexibility index (Phi) is 4.30. The van der Waals surface area contributed by atoms with E-state index in [0.29, 0.717) is 11.5 Å². The van der Waals surface area contributed by atoms with Gasteiger partial charge in [-0.25, -0.2) is 0 Å². The molecule has 5 heteroatoms. The van der Waals surface area contributed by atoms with Gasteiger partial charge < -0.3 is 14.8 Å². The second kappa shape index (κ2) is 6.15. The Morgan fingerprint density at radius 2 is 1.79 bits per heavy atom. The van der Waals surface area contributed by atoms with Crippen LogP contribution in [-0.2, 0) is 0 Å². The van der Waals surface area contributed by atoms with Crippen molar-refractivity contribution in [2.75, 3.05) is 21.3 Å². The highest BCUT2D eigenvalue weighted by atomic mass is 16.5. The molecule has 2 rings (SSSR count). The second-order valence-electron chi connectivity index (χ2n) is 4.01. The lowest BCUT2D eigenvalue weighted by Crippen LogP contribution is -2.18. The van der Waals surface area contributed by atoms with Crippen LogP contribution < -0.4 is 14.8 Å². The van der Waals surface area contributed by atoms with Crippen molar-refractivity contribution in [3.8, 4) is 11.5 Å². The van der Waals surface area contributed by atoms with E-state index in [0.717, 1.165) is 11.1 Å². The van der Waals surface area contributed by atoms with Crippen molar-refractivity contribution in [1.29, 1.82) is 0 Å². The van der Waals surface area contributed by atoms with Crippen LogP contribution in [0.3, 0.4) is 0 Å². The molecule has 0 fully saturated rings. The van der Waals surface area contributed by atoms with Crippen molar-refractivity contribution in [1.82, 2.24) is 15.5 Å². The van der Waals surface area contributed by atoms with Gasteiger partial charge in [0.2, 0.25) is 0 Å². The fraction of sp³-hybridized carbons (Fsp3) is 0.286. The molecule has 1 aromatic heterocycles. The zero-order valence-electron chi connectivity index (χ0n) is 11.3. The van der Waals surface area contributed by atoms with Crippen LogP contribution in [0, 0.1) is 0 Å². The molecule has 0 amide bonds. The van der Waals surface area contributed by atoms with Gasteiger partial charge in [-0.1, -0.05) is 6.07 Å². The van der Waals surface area contributed by atoms with Gasteiger partial charge in [-0.15, -0.1) is 0 Å². The molecular formula is C14H17N3O2. The lowest BCUT2D eigenvalue weighted by Gasteiger charge is -2.18. The molecule has 0 saturated heterocycles. The van der Waals surface area contributed by atoms with Gasteiger partial charge in [0.05, 0.1) is 26.5 Å². The average molecular weight is 259 g/mol. The van der Waals surface area contributed by atoms with Gasteiger partial charge in [0.15, 0.2) is 11.5 Å². The SMILES string of the molecule is CNC(c1ccnnc1)c1ccc(OC)c(OC)c1. The summed E-state index contributed by atoms with van der Waals surface area (Å²) in [5.74, 6) is 1.43. The predicted molar refractivity (Wildman–Crippen MR) is 72.5 cm³/mol. The number of hydrogen-bond donors (Lipinski definition) is 1. The maximum Gasteiger partial charge on any atom is 0.161 e. The number of hydrogen-bond acceptors (Lipinski definition) is 5. The molecule has 0 aliphatic heterocycles. The summed E-state index contributed by atoms with van der Waals surface area (Å²) in [4.78, 5) is 0. The maximum absolute atomic E-state index is 5.33. The average Bonchev–Trinajstić information content (AvgIpc) is 2.49. The van der Waals surface area contributed by atoms with Crippen LogP contribution in [0.1, 0.15) is 17.2 Å². The molecule has 100 valence electrons. The van der Waals surface area contributed by atoms with E-state index in [2.05, 4.69) is 15.5 Å². The van der Waals surface area contributed by atoms with Crippen molar-refractivity contribution in [2.24, 2.45) is 0 Å². The van der Waals surface area contributed by atoms with Crippen molar-refractivity contribution < 1.29 is 9.47 Å². The van der Waals surface area contributed by atoms with E-state index < -0.39 is 0 Å². The van der Waals surface area contributed by atoms with E-state index in [9.17, 15) is 0 Å². The van der Waals surface area contributed by atoms with Crippen LogP contribution in [0.5, 0.6) is 11.5 Å². The highest BCUT2D eigenvalue weighted by molar-refractivity contribution is 5.45. The fourth-order valence-electron chi connectivity index (χ4n) is 2.03. The molecule has 0 aliphatic rings. The van der Waals surface area contributed by atoms with Crippen LogP contribution in [0.4, 0.5) is 0 Å². The number of methoxy groups -OCH3 is 2. The van der Waals surface area contributed by atoms with Gasteiger partial charge in [0.1, 0.15) is 0 Å². The molecule has 0 spiro atoms. The number of nitrogens with one attached hydrogen (secondary N) is 1. The van der Waals surface area contributed by atoms with Crippen LogP contribution in [0.2, 0.25) is 0 Å². The molecule has 1 N–H and O–H groups in total. The van der Waals surface area contributed by atoms with Crippen LogP contribution in [0.25, 0.3) is 0 Å². The van der Waals surface area contributed by atoms with Gasteiger partial charge in [-0.2, -0.15) is 10.2 Å². The summed E-state index contributed by atoms with van der Waals surface area (Å²) >= 11 is 0. The third kappa shape index (κ3) is 2.82. The molecule has 0 aliphatic carbocycles. The van der Waals surface area contributed by atoms with Crippen molar-refractivity contribution >= 4 is 0 Å². The largest absolute Gasteiger partial charge is 0.493 e. The molecule has 19 heavy (non-hydrogen) atoms. The smallest absolute Gasteiger partial charge is 0.161 e. The Hall–Kier alpha value is -2.14. The predicted octanol–water partition coefficient (Wildman–Crippen LogP) is 1.80. The highest BCUT2D eigenvalue weighted by Crippen LogP contribution is 2.31. The first-order valence-corrected chi connectivity index (χ1v) is 5.96. The number of nitrogens with zero attached hydrogens (tertiary/aromatic N) is 2. The third-order valence-electron chi connectivity index (χ3n) is 2.97. The van der Waals surface area contributed by atoms with Gasteiger partial charge in [0.25, 0.3) is 0 Å². The molecule has 1 aromatic carbocycles. The van der Waals surface area contributed by atoms with E-state index in [-0.39, 0.29) is 6.04 Å². The number of rotatable bonds is 5. The first-order chi connectivity index (χ1) is 9.30. The highest BCUT2D eigenvalue weighted by Gasteiger charge is 2.14. The molecule has 0 bridgehead atoms. The first-order valence-electron chi connectivity index (χ1n) is 5.96. The van der Waals surface area contributed by atoms with Crippen molar-refractivity contribution in [3.05, 3.63) is 47.8 Å². The van der Waals surface area contributed by atoms with Crippen molar-refractivity contribution in [2.45, 2.75) is 6.04 Å². The quantitative estimate of drug-likeness (QED) is 0.887. The second-order valence-corrected chi connectivity index (χ2v) is 4.01. The Morgan fingerprint density at radius 1 is 1.00 bits per heavy atom. The Balaban J connectivity index is 2.39. The lowest BCUT2D eigenvalue weighted by atomic mass is 10.0. The van der Waals surface area contributed by atoms with E-state index in [1.807, 2.05) is 31.3 Å². The number of benzene rings is 1. The zero-order valence-corrected chi connectivity index (χ0v) is 11.3. The lowest BCUT2D eigenvalue weighted by molar-refractivity contribution is 0.354. The molecule has 0 saturated carbocycles. The zero-order chi connectivity index (χ0) is 13.7. The van der Waals surface area contributed by atoms with E-state index in [1.165, 1.54) is 0 Å². The van der Waals surface area contributed by atoms with Crippen LogP contribution in [-0.4, -0.2) is 31.5 Å². The number of aromatic nitrogens is 2. The summed E-state index contributed by atoms with van der Waals surface area (Å²) in [6, 6.07) is 7.83. The molecule has 1 unspecified atom stereocenters. The van der Waals surface area contributed by atoms with Crippen LogP contribution >= 0.6 is 0 Å². The fourth-order valence-corrected chi connectivity index (χ4v) is 2.03. The monoisotopic (exact) mass is 259 g/mol. The molecule has 0 radical (unpaired) electrons. The summed E-state index contributed by atoms with van der Waals surface area (Å²) < 4.78 is 10.6. The van der Waals surface area contributed by atoms with Gasteiger partial charge >= 0.3 is 0 Å². The van der Waals surface area contributed by atoms with E-state index in [4.69, 9.17) is 9.47 Å². The minimum absolute atomic E-state index is 0.0373. The van der Waals surface area contributed by atoms with Gasteiger partial charge in [-0.05, 0) is 36.4 Å². The molecule has 2 aromatic rings. The topological polar surface area (TPSA) is 56.3 Å². The summed E-state index contributed by atoms with van der Waals surface area (Å²) in [6.45, 7) is 0. The van der Waals surface area contributed by atoms with Crippen molar-refractivity contribution in [3.63, 3.8) is 0 Å². The number of ether oxygens (including phenoxy) is 2. The Morgan fingerprint density at radius 3 is 2.37 bits per heavy atom. The standard InChI is InChI=1S/C14H17N3O2/c1-15-14(11-6-7-16-17-9-11)10-4-5-12(18-2)13(8-10)19-3/h4-9,14-15H,1-3H3. The molecule has 5 nitrogen and oxygen atoms in total. The molecular weight excluding hydrogens is 242 g/mol.